The van der Waals surface area contributed by atoms with Gasteiger partial charge in [0.25, 0.3) is 0 Å². The monoisotopic (exact) mass is 268 g/mol. The largest absolute Gasteiger partial charge is 0.477 e. The number of carbonyl (C=O) groups is 1. The molecule has 0 spiro atoms. The molecule has 2 heterocycles. The fraction of sp³-hybridized carbons (Fsp3) is 0.692. The highest BCUT2D eigenvalue weighted by Crippen LogP contribution is 2.32. The maximum absolute atomic E-state index is 11.1. The maximum Gasteiger partial charge on any atom is 0.347 e. The van der Waals surface area contributed by atoms with Crippen molar-refractivity contribution in [3.63, 3.8) is 0 Å². The molecular formula is C13H20N2O2S. The number of thiazole rings is 1. The molecule has 2 rings (SSSR count). The van der Waals surface area contributed by atoms with Crippen molar-refractivity contribution in [1.29, 1.82) is 0 Å². The third kappa shape index (κ3) is 2.51. The molecule has 5 heteroatoms. The number of aromatic carboxylic acids is 1. The Bertz CT molecular complexity index is 442. The minimum absolute atomic E-state index is 0.403. The van der Waals surface area contributed by atoms with E-state index in [4.69, 9.17) is 5.11 Å². The Morgan fingerprint density at radius 3 is 2.78 bits per heavy atom. The molecule has 100 valence electrons. The molecule has 1 aliphatic heterocycles. The van der Waals surface area contributed by atoms with Gasteiger partial charge in [-0.05, 0) is 24.7 Å². The number of rotatable bonds is 4. The zero-order valence-electron chi connectivity index (χ0n) is 11.1. The molecule has 0 radical (unpaired) electrons. The average Bonchev–Trinajstić information content (AvgIpc) is 2.95. The van der Waals surface area contributed by atoms with Gasteiger partial charge in [0.2, 0.25) is 0 Å². The minimum Gasteiger partial charge on any atom is -0.477 e. The highest BCUT2D eigenvalue weighted by atomic mass is 32.1. The van der Waals surface area contributed by atoms with Crippen molar-refractivity contribution < 1.29 is 9.90 Å². The molecule has 0 bridgehead atoms. The van der Waals surface area contributed by atoms with Crippen molar-refractivity contribution in [1.82, 2.24) is 4.98 Å². The zero-order valence-corrected chi connectivity index (χ0v) is 12.0. The first kappa shape index (κ1) is 13.3. The number of aryl methyl sites for hydroxylation is 1. The molecule has 1 N–H and O–H groups in total. The summed E-state index contributed by atoms with van der Waals surface area (Å²) < 4.78 is 0. The van der Waals surface area contributed by atoms with E-state index in [2.05, 4.69) is 23.7 Å². The van der Waals surface area contributed by atoms with Crippen molar-refractivity contribution in [2.45, 2.75) is 33.6 Å². The third-order valence-corrected chi connectivity index (χ3v) is 4.80. The number of carboxylic acids is 1. The van der Waals surface area contributed by atoms with E-state index in [-0.39, 0.29) is 0 Å². The van der Waals surface area contributed by atoms with Crippen LogP contribution in [0.4, 0.5) is 5.13 Å². The fourth-order valence-corrected chi connectivity index (χ4v) is 3.41. The lowest BCUT2D eigenvalue weighted by atomic mass is 9.95. The van der Waals surface area contributed by atoms with Gasteiger partial charge in [-0.2, -0.15) is 0 Å². The van der Waals surface area contributed by atoms with E-state index in [9.17, 15) is 4.79 Å². The molecule has 0 amide bonds. The SMILES string of the molecule is CCc1nc(N2CCC(C(C)C)C2)sc1C(=O)O. The lowest BCUT2D eigenvalue weighted by molar-refractivity contribution is 0.0701. The van der Waals surface area contributed by atoms with Gasteiger partial charge in [0.05, 0.1) is 5.69 Å². The van der Waals surface area contributed by atoms with Crippen LogP contribution in [0, 0.1) is 11.8 Å². The van der Waals surface area contributed by atoms with Crippen LogP contribution in [0.5, 0.6) is 0 Å². The summed E-state index contributed by atoms with van der Waals surface area (Å²) in [6.07, 6.45) is 1.86. The van der Waals surface area contributed by atoms with Gasteiger partial charge in [0.15, 0.2) is 5.13 Å². The van der Waals surface area contributed by atoms with Crippen LogP contribution in [0.15, 0.2) is 0 Å². The van der Waals surface area contributed by atoms with Gasteiger partial charge < -0.3 is 10.0 Å². The van der Waals surface area contributed by atoms with E-state index >= 15 is 0 Å². The van der Waals surface area contributed by atoms with Crippen LogP contribution in [0.1, 0.15) is 42.6 Å². The van der Waals surface area contributed by atoms with Gasteiger partial charge in [0, 0.05) is 13.1 Å². The molecule has 0 aromatic carbocycles. The molecule has 1 saturated heterocycles. The third-order valence-electron chi connectivity index (χ3n) is 3.65. The zero-order chi connectivity index (χ0) is 13.3. The second kappa shape index (κ2) is 5.26. The Morgan fingerprint density at radius 1 is 1.61 bits per heavy atom. The number of hydrogen-bond donors (Lipinski definition) is 1. The lowest BCUT2D eigenvalue weighted by Crippen LogP contribution is -2.20. The number of nitrogens with zero attached hydrogens (tertiary/aromatic N) is 2. The predicted octanol–water partition coefficient (Wildman–Crippen LogP) is 2.89. The van der Waals surface area contributed by atoms with Crippen LogP contribution in [-0.4, -0.2) is 29.1 Å². The molecule has 18 heavy (non-hydrogen) atoms. The Labute approximate surface area is 112 Å². The van der Waals surface area contributed by atoms with E-state index in [1.807, 2.05) is 6.92 Å². The molecule has 1 aromatic heterocycles. The molecule has 1 aromatic rings. The molecule has 1 atom stereocenters. The highest BCUT2D eigenvalue weighted by molar-refractivity contribution is 7.17. The van der Waals surface area contributed by atoms with E-state index < -0.39 is 5.97 Å². The van der Waals surface area contributed by atoms with Gasteiger partial charge >= 0.3 is 5.97 Å². The molecule has 0 aliphatic carbocycles. The van der Waals surface area contributed by atoms with E-state index in [1.165, 1.54) is 17.8 Å². The maximum atomic E-state index is 11.1. The second-order valence-corrected chi connectivity index (χ2v) is 6.15. The molecule has 1 fully saturated rings. The fourth-order valence-electron chi connectivity index (χ4n) is 2.39. The number of aromatic nitrogens is 1. The van der Waals surface area contributed by atoms with Crippen molar-refractivity contribution in [2.75, 3.05) is 18.0 Å². The predicted molar refractivity (Wildman–Crippen MR) is 73.6 cm³/mol. The molecule has 1 aliphatic rings. The number of carboxylic acid groups (broad SMARTS) is 1. The second-order valence-electron chi connectivity index (χ2n) is 5.17. The number of hydrogen-bond acceptors (Lipinski definition) is 4. The Kier molecular flexibility index (Phi) is 3.90. The topological polar surface area (TPSA) is 53.4 Å². The standard InChI is InChI=1S/C13H20N2O2S/c1-4-10-11(12(16)17)18-13(14-10)15-6-5-9(7-15)8(2)3/h8-9H,4-7H2,1-3H3,(H,16,17). The Balaban J connectivity index is 2.17. The van der Waals surface area contributed by atoms with Crippen molar-refractivity contribution in [2.24, 2.45) is 11.8 Å². The molecule has 0 saturated carbocycles. The quantitative estimate of drug-likeness (QED) is 0.912. The van der Waals surface area contributed by atoms with Gasteiger partial charge in [-0.25, -0.2) is 9.78 Å². The minimum atomic E-state index is -0.852. The van der Waals surface area contributed by atoms with Crippen LogP contribution in [0.3, 0.4) is 0 Å². The Morgan fingerprint density at radius 2 is 2.33 bits per heavy atom. The van der Waals surface area contributed by atoms with E-state index in [0.29, 0.717) is 23.1 Å². The first-order valence-corrected chi connectivity index (χ1v) is 7.32. The average molecular weight is 268 g/mol. The lowest BCUT2D eigenvalue weighted by Gasteiger charge is -2.16. The highest BCUT2D eigenvalue weighted by Gasteiger charge is 2.28. The summed E-state index contributed by atoms with van der Waals surface area (Å²) in [6.45, 7) is 8.45. The van der Waals surface area contributed by atoms with E-state index in [1.54, 1.807) is 0 Å². The summed E-state index contributed by atoms with van der Waals surface area (Å²) in [6, 6.07) is 0. The van der Waals surface area contributed by atoms with E-state index in [0.717, 1.165) is 23.9 Å². The van der Waals surface area contributed by atoms with Crippen molar-refractivity contribution in [3.8, 4) is 0 Å². The van der Waals surface area contributed by atoms with Gasteiger partial charge in [-0.3, -0.25) is 0 Å². The van der Waals surface area contributed by atoms with Crippen LogP contribution in [0.25, 0.3) is 0 Å². The first-order valence-electron chi connectivity index (χ1n) is 6.50. The van der Waals surface area contributed by atoms with Crippen molar-refractivity contribution in [3.05, 3.63) is 10.6 Å². The molecular weight excluding hydrogens is 248 g/mol. The summed E-state index contributed by atoms with van der Waals surface area (Å²) in [5.74, 6) is 0.530. The van der Waals surface area contributed by atoms with Crippen LogP contribution < -0.4 is 4.90 Å². The summed E-state index contributed by atoms with van der Waals surface area (Å²) in [4.78, 5) is 18.3. The van der Waals surface area contributed by atoms with Gasteiger partial charge in [0.1, 0.15) is 4.88 Å². The summed E-state index contributed by atoms with van der Waals surface area (Å²) in [5, 5.41) is 10.0. The van der Waals surface area contributed by atoms with Crippen LogP contribution in [0.2, 0.25) is 0 Å². The summed E-state index contributed by atoms with van der Waals surface area (Å²) in [7, 11) is 0. The summed E-state index contributed by atoms with van der Waals surface area (Å²) >= 11 is 1.32. The number of anilines is 1. The molecule has 4 nitrogen and oxygen atoms in total. The van der Waals surface area contributed by atoms with Crippen molar-refractivity contribution >= 4 is 22.4 Å². The van der Waals surface area contributed by atoms with Crippen LogP contribution >= 0.6 is 11.3 Å². The molecule has 1 unspecified atom stereocenters. The van der Waals surface area contributed by atoms with Gasteiger partial charge in [-0.1, -0.05) is 32.1 Å². The summed E-state index contributed by atoms with van der Waals surface area (Å²) in [5.41, 5.74) is 0.718. The normalized spacial score (nSPS) is 19.8. The van der Waals surface area contributed by atoms with Gasteiger partial charge in [-0.15, -0.1) is 0 Å². The first-order chi connectivity index (χ1) is 8.52. The Hall–Kier alpha value is -1.10. The smallest absolute Gasteiger partial charge is 0.347 e. The van der Waals surface area contributed by atoms with Crippen LogP contribution in [-0.2, 0) is 6.42 Å².